The van der Waals surface area contributed by atoms with Crippen molar-refractivity contribution in [1.29, 1.82) is 0 Å². The van der Waals surface area contributed by atoms with Gasteiger partial charge in [0.25, 0.3) is 11.1 Å². The summed E-state index contributed by atoms with van der Waals surface area (Å²) in [5.74, 6) is -0.343. The molecule has 94 valence electrons. The van der Waals surface area contributed by atoms with Crippen LogP contribution >= 0.6 is 11.8 Å². The lowest BCUT2D eigenvalue weighted by Crippen LogP contribution is -2.17. The highest BCUT2D eigenvalue weighted by atomic mass is 32.2. The lowest BCUT2D eigenvalue weighted by molar-refractivity contribution is -0.115. The summed E-state index contributed by atoms with van der Waals surface area (Å²) in [6.45, 7) is 6.27. The summed E-state index contributed by atoms with van der Waals surface area (Å²) in [7, 11) is 0. The van der Waals surface area contributed by atoms with Crippen molar-refractivity contribution in [3.63, 3.8) is 0 Å². The fraction of sp³-hybridized carbons (Fsp3) is 0.308. The maximum Gasteiger partial charge on any atom is 0.290 e. The lowest BCUT2D eigenvalue weighted by Gasteiger charge is -2.17. The van der Waals surface area contributed by atoms with E-state index in [0.717, 1.165) is 23.0 Å². The number of carbonyl (C=O) groups is 2. The highest BCUT2D eigenvalue weighted by Gasteiger charge is 2.25. The molecule has 0 aliphatic carbocycles. The van der Waals surface area contributed by atoms with Crippen LogP contribution < -0.4 is 5.32 Å². The molecule has 0 unspecified atom stereocenters. The van der Waals surface area contributed by atoms with Gasteiger partial charge in [0, 0.05) is 17.3 Å². The van der Waals surface area contributed by atoms with Crippen LogP contribution in [0.1, 0.15) is 32.0 Å². The molecule has 2 heterocycles. The summed E-state index contributed by atoms with van der Waals surface area (Å²) >= 11 is 0.912. The summed E-state index contributed by atoms with van der Waals surface area (Å²) in [5.41, 5.74) is 1.81. The fourth-order valence-electron chi connectivity index (χ4n) is 1.51. The van der Waals surface area contributed by atoms with Crippen LogP contribution in [0, 0.1) is 0 Å². The summed E-state index contributed by atoms with van der Waals surface area (Å²) in [4.78, 5) is 27.2. The number of imide groups is 1. The number of aromatic nitrogens is 1. The first kappa shape index (κ1) is 12.8. The molecule has 0 bridgehead atoms. The van der Waals surface area contributed by atoms with Crippen LogP contribution in [0.5, 0.6) is 0 Å². The number of pyridine rings is 1. The van der Waals surface area contributed by atoms with Gasteiger partial charge >= 0.3 is 0 Å². The maximum absolute atomic E-state index is 11.4. The predicted molar refractivity (Wildman–Crippen MR) is 72.0 cm³/mol. The Morgan fingerprint density at radius 3 is 2.44 bits per heavy atom. The summed E-state index contributed by atoms with van der Waals surface area (Å²) in [6.07, 6.45) is 3.38. The molecule has 0 aromatic carbocycles. The van der Waals surface area contributed by atoms with Gasteiger partial charge in [0.2, 0.25) is 0 Å². The Balaban J connectivity index is 2.24. The van der Waals surface area contributed by atoms with Crippen LogP contribution in [0.25, 0.3) is 6.08 Å². The maximum atomic E-state index is 11.4. The standard InChI is InChI=1S/C13H14N2O2S/c1-13(2,3)10-5-4-8(7-14-10)6-9-11(16)15-12(17)18-9/h4-7H,1-3H3,(H,15,16,17). The van der Waals surface area contributed by atoms with E-state index >= 15 is 0 Å². The third kappa shape index (κ3) is 2.79. The van der Waals surface area contributed by atoms with E-state index in [4.69, 9.17) is 0 Å². The minimum atomic E-state index is -0.343. The molecule has 0 saturated carbocycles. The Morgan fingerprint density at radius 2 is 2.00 bits per heavy atom. The molecule has 0 radical (unpaired) electrons. The molecule has 1 aliphatic rings. The third-order valence-electron chi connectivity index (χ3n) is 2.49. The molecule has 2 rings (SSSR count). The SMILES string of the molecule is CC(C)(C)c1ccc(C=C2SC(=O)NC2=O)cn1. The zero-order chi connectivity index (χ0) is 13.3. The molecule has 1 aromatic rings. The Morgan fingerprint density at radius 1 is 1.28 bits per heavy atom. The van der Waals surface area contributed by atoms with Crippen molar-refractivity contribution in [2.45, 2.75) is 26.2 Å². The minimum absolute atomic E-state index is 0.00111. The van der Waals surface area contributed by atoms with Gasteiger partial charge in [-0.3, -0.25) is 19.9 Å². The topological polar surface area (TPSA) is 59.1 Å². The zero-order valence-electron chi connectivity index (χ0n) is 10.5. The molecule has 18 heavy (non-hydrogen) atoms. The van der Waals surface area contributed by atoms with E-state index in [1.54, 1.807) is 12.3 Å². The Labute approximate surface area is 110 Å². The molecule has 4 nitrogen and oxygen atoms in total. The molecular weight excluding hydrogens is 248 g/mol. The minimum Gasteiger partial charge on any atom is -0.282 e. The van der Waals surface area contributed by atoms with E-state index < -0.39 is 0 Å². The van der Waals surface area contributed by atoms with Crippen LogP contribution in [0.3, 0.4) is 0 Å². The average Bonchev–Trinajstić information content (AvgIpc) is 2.57. The van der Waals surface area contributed by atoms with E-state index in [1.807, 2.05) is 12.1 Å². The number of thioether (sulfide) groups is 1. The van der Waals surface area contributed by atoms with Crippen molar-refractivity contribution in [3.8, 4) is 0 Å². The first-order valence-electron chi connectivity index (χ1n) is 5.58. The normalized spacial score (nSPS) is 18.3. The van der Waals surface area contributed by atoms with Crippen molar-refractivity contribution in [2.75, 3.05) is 0 Å². The molecule has 2 amide bonds. The molecular formula is C13H14N2O2S. The van der Waals surface area contributed by atoms with Gasteiger partial charge in [0.15, 0.2) is 0 Å². The number of hydrogen-bond donors (Lipinski definition) is 1. The number of amides is 2. The van der Waals surface area contributed by atoms with E-state index in [1.165, 1.54) is 0 Å². The smallest absolute Gasteiger partial charge is 0.282 e. The Bertz CT molecular complexity index is 527. The molecule has 1 N–H and O–H groups in total. The second-order valence-corrected chi connectivity index (χ2v) is 6.09. The summed E-state index contributed by atoms with van der Waals surface area (Å²) < 4.78 is 0. The molecule has 1 aromatic heterocycles. The van der Waals surface area contributed by atoms with Crippen LogP contribution in [0.4, 0.5) is 4.79 Å². The number of hydrogen-bond acceptors (Lipinski definition) is 4. The van der Waals surface area contributed by atoms with Gasteiger partial charge in [0.05, 0.1) is 4.91 Å². The van der Waals surface area contributed by atoms with Gasteiger partial charge < -0.3 is 0 Å². The van der Waals surface area contributed by atoms with E-state index in [-0.39, 0.29) is 16.6 Å². The molecule has 1 fully saturated rings. The molecule has 0 atom stereocenters. The first-order chi connectivity index (χ1) is 8.36. The van der Waals surface area contributed by atoms with Crippen molar-refractivity contribution < 1.29 is 9.59 Å². The zero-order valence-corrected chi connectivity index (χ0v) is 11.3. The molecule has 1 aliphatic heterocycles. The van der Waals surface area contributed by atoms with Gasteiger partial charge in [-0.25, -0.2) is 0 Å². The van der Waals surface area contributed by atoms with Crippen molar-refractivity contribution in [1.82, 2.24) is 10.3 Å². The van der Waals surface area contributed by atoms with E-state index in [2.05, 4.69) is 31.1 Å². The molecule has 5 heteroatoms. The number of rotatable bonds is 1. The quantitative estimate of drug-likeness (QED) is 0.790. The summed E-state index contributed by atoms with van der Waals surface area (Å²) in [6, 6.07) is 3.84. The van der Waals surface area contributed by atoms with Crippen molar-refractivity contribution in [2.24, 2.45) is 0 Å². The number of nitrogens with zero attached hydrogens (tertiary/aromatic N) is 1. The predicted octanol–water partition coefficient (Wildman–Crippen LogP) is 2.70. The Kier molecular flexibility index (Phi) is 3.26. The van der Waals surface area contributed by atoms with E-state index in [9.17, 15) is 9.59 Å². The second kappa shape index (κ2) is 4.57. The Hall–Kier alpha value is -1.62. The van der Waals surface area contributed by atoms with E-state index in [0.29, 0.717) is 4.91 Å². The third-order valence-corrected chi connectivity index (χ3v) is 3.31. The molecule has 1 saturated heterocycles. The number of carbonyl (C=O) groups excluding carboxylic acids is 2. The number of nitrogens with one attached hydrogen (secondary N) is 1. The summed E-state index contributed by atoms with van der Waals surface area (Å²) in [5, 5.41) is 1.89. The van der Waals surface area contributed by atoms with Crippen molar-refractivity contribution >= 4 is 29.0 Å². The van der Waals surface area contributed by atoms with Gasteiger partial charge in [-0.05, 0) is 29.5 Å². The van der Waals surface area contributed by atoms with Crippen LogP contribution in [-0.2, 0) is 10.2 Å². The van der Waals surface area contributed by atoms with Gasteiger partial charge in [-0.2, -0.15) is 0 Å². The fourth-order valence-corrected chi connectivity index (χ4v) is 2.19. The monoisotopic (exact) mass is 262 g/mol. The van der Waals surface area contributed by atoms with Gasteiger partial charge in [-0.1, -0.05) is 26.8 Å². The second-order valence-electron chi connectivity index (χ2n) is 5.08. The first-order valence-corrected chi connectivity index (χ1v) is 6.39. The highest BCUT2D eigenvalue weighted by molar-refractivity contribution is 8.18. The lowest BCUT2D eigenvalue weighted by atomic mass is 9.91. The van der Waals surface area contributed by atoms with Crippen LogP contribution in [0.15, 0.2) is 23.2 Å². The largest absolute Gasteiger partial charge is 0.290 e. The average molecular weight is 262 g/mol. The molecule has 0 spiro atoms. The van der Waals surface area contributed by atoms with Gasteiger partial charge in [0.1, 0.15) is 0 Å². The van der Waals surface area contributed by atoms with Crippen molar-refractivity contribution in [3.05, 3.63) is 34.5 Å². The van der Waals surface area contributed by atoms with Gasteiger partial charge in [-0.15, -0.1) is 0 Å². The highest BCUT2D eigenvalue weighted by Crippen LogP contribution is 2.26. The van der Waals surface area contributed by atoms with Crippen LogP contribution in [0.2, 0.25) is 0 Å². The van der Waals surface area contributed by atoms with Crippen LogP contribution in [-0.4, -0.2) is 16.1 Å².